The van der Waals surface area contributed by atoms with Crippen molar-refractivity contribution in [3.63, 3.8) is 0 Å². The SMILES string of the molecule is CN1CC(NS(=O)(=O)c2ccc(Cl)cc2)CC1c1nc(-c2ccc(F)cc2)no1. The third-order valence-corrected chi connectivity index (χ3v) is 6.61. The van der Waals surface area contributed by atoms with Crippen LogP contribution in [0.1, 0.15) is 18.4 Å². The van der Waals surface area contributed by atoms with Gasteiger partial charge in [0.1, 0.15) is 5.82 Å². The predicted molar refractivity (Wildman–Crippen MR) is 105 cm³/mol. The molecular formula is C19H18ClFN4O3S. The molecular weight excluding hydrogens is 419 g/mol. The van der Waals surface area contributed by atoms with Crippen LogP contribution >= 0.6 is 11.6 Å². The number of likely N-dealkylation sites (N-methyl/N-ethyl adjacent to an activating group) is 1. The molecule has 2 aromatic carbocycles. The molecule has 2 heterocycles. The molecule has 1 aromatic heterocycles. The number of benzene rings is 2. The highest BCUT2D eigenvalue weighted by Crippen LogP contribution is 2.31. The van der Waals surface area contributed by atoms with Crippen LogP contribution in [0.5, 0.6) is 0 Å². The molecule has 29 heavy (non-hydrogen) atoms. The number of likely N-dealkylation sites (tertiary alicyclic amines) is 1. The monoisotopic (exact) mass is 436 g/mol. The van der Waals surface area contributed by atoms with Crippen molar-refractivity contribution < 1.29 is 17.3 Å². The van der Waals surface area contributed by atoms with E-state index < -0.39 is 10.0 Å². The van der Waals surface area contributed by atoms with E-state index in [0.717, 1.165) is 0 Å². The van der Waals surface area contributed by atoms with E-state index in [1.165, 1.54) is 36.4 Å². The molecule has 0 amide bonds. The number of halogens is 2. The average Bonchev–Trinajstić information content (AvgIpc) is 3.29. The first-order valence-electron chi connectivity index (χ1n) is 8.89. The second-order valence-electron chi connectivity index (χ2n) is 6.93. The Hall–Kier alpha value is -2.33. The van der Waals surface area contributed by atoms with Gasteiger partial charge in [0.05, 0.1) is 10.9 Å². The third-order valence-electron chi connectivity index (χ3n) is 4.82. The zero-order valence-corrected chi connectivity index (χ0v) is 17.0. The first-order valence-corrected chi connectivity index (χ1v) is 10.8. The molecule has 10 heteroatoms. The van der Waals surface area contributed by atoms with Gasteiger partial charge in [-0.05, 0) is 62.0 Å². The lowest BCUT2D eigenvalue weighted by molar-refractivity contribution is 0.244. The standard InChI is InChI=1S/C19H18ClFN4O3S/c1-25-11-15(24-29(26,27)16-8-4-13(20)5-9-16)10-17(25)19-22-18(23-28-19)12-2-6-14(21)7-3-12/h2-9,15,17,24H,10-11H2,1H3. The molecule has 3 aromatic rings. The largest absolute Gasteiger partial charge is 0.337 e. The van der Waals surface area contributed by atoms with Gasteiger partial charge >= 0.3 is 0 Å². The Morgan fingerprint density at radius 3 is 2.55 bits per heavy atom. The number of nitrogens with one attached hydrogen (secondary N) is 1. The van der Waals surface area contributed by atoms with E-state index in [9.17, 15) is 12.8 Å². The molecule has 1 saturated heterocycles. The molecule has 0 spiro atoms. The lowest BCUT2D eigenvalue weighted by Crippen LogP contribution is -2.36. The third kappa shape index (κ3) is 4.32. The Labute approximate surface area is 172 Å². The highest BCUT2D eigenvalue weighted by Gasteiger charge is 2.36. The molecule has 2 atom stereocenters. The minimum absolute atomic E-state index is 0.157. The van der Waals surface area contributed by atoms with Crippen molar-refractivity contribution in [2.24, 2.45) is 0 Å². The van der Waals surface area contributed by atoms with Crippen molar-refractivity contribution in [3.05, 3.63) is 65.3 Å². The van der Waals surface area contributed by atoms with Crippen LogP contribution in [0.4, 0.5) is 4.39 Å². The summed E-state index contributed by atoms with van der Waals surface area (Å²) in [7, 11) is -1.80. The molecule has 7 nitrogen and oxygen atoms in total. The lowest BCUT2D eigenvalue weighted by atomic mass is 10.2. The highest BCUT2D eigenvalue weighted by molar-refractivity contribution is 7.89. The average molecular weight is 437 g/mol. The van der Waals surface area contributed by atoms with Gasteiger partial charge in [0.2, 0.25) is 21.7 Å². The van der Waals surface area contributed by atoms with E-state index in [2.05, 4.69) is 14.9 Å². The lowest BCUT2D eigenvalue weighted by Gasteiger charge is -2.14. The number of rotatable bonds is 5. The van der Waals surface area contributed by atoms with Crippen molar-refractivity contribution in [3.8, 4) is 11.4 Å². The second kappa shape index (κ2) is 7.83. The summed E-state index contributed by atoms with van der Waals surface area (Å²) in [6.45, 7) is 0.492. The van der Waals surface area contributed by atoms with Crippen molar-refractivity contribution in [2.75, 3.05) is 13.6 Å². The summed E-state index contributed by atoms with van der Waals surface area (Å²) >= 11 is 5.83. The van der Waals surface area contributed by atoms with Crippen LogP contribution in [0, 0.1) is 5.82 Å². The van der Waals surface area contributed by atoms with Crippen molar-refractivity contribution in [1.82, 2.24) is 19.8 Å². The van der Waals surface area contributed by atoms with Gasteiger partial charge in [-0.1, -0.05) is 16.8 Å². The number of hydrogen-bond acceptors (Lipinski definition) is 6. The summed E-state index contributed by atoms with van der Waals surface area (Å²) in [6.07, 6.45) is 0.481. The van der Waals surface area contributed by atoms with Crippen LogP contribution in [0.3, 0.4) is 0 Å². The Bertz CT molecular complexity index is 1100. The van der Waals surface area contributed by atoms with Crippen molar-refractivity contribution >= 4 is 21.6 Å². The Kier molecular flexibility index (Phi) is 5.39. The van der Waals surface area contributed by atoms with Gasteiger partial charge in [-0.2, -0.15) is 4.98 Å². The number of nitrogens with zero attached hydrogens (tertiary/aromatic N) is 3. The minimum Gasteiger partial charge on any atom is -0.337 e. The number of sulfonamides is 1. The molecule has 1 aliphatic heterocycles. The second-order valence-corrected chi connectivity index (χ2v) is 9.08. The van der Waals surface area contributed by atoms with Crippen LogP contribution in [0.15, 0.2) is 57.9 Å². The Balaban J connectivity index is 1.47. The van der Waals surface area contributed by atoms with Crippen molar-refractivity contribution in [1.29, 1.82) is 0 Å². The van der Waals surface area contributed by atoms with Gasteiger partial charge in [-0.15, -0.1) is 0 Å². The molecule has 4 rings (SSSR count). The van der Waals surface area contributed by atoms with E-state index in [4.69, 9.17) is 16.1 Å². The molecule has 152 valence electrons. The predicted octanol–water partition coefficient (Wildman–Crippen LogP) is 3.25. The van der Waals surface area contributed by atoms with E-state index >= 15 is 0 Å². The summed E-state index contributed by atoms with van der Waals surface area (Å²) in [5, 5.41) is 4.43. The quantitative estimate of drug-likeness (QED) is 0.660. The molecule has 0 saturated carbocycles. The van der Waals surface area contributed by atoms with E-state index in [0.29, 0.717) is 35.3 Å². The maximum Gasteiger partial charge on any atom is 0.244 e. The van der Waals surface area contributed by atoms with E-state index in [1.54, 1.807) is 12.1 Å². The topological polar surface area (TPSA) is 88.3 Å². The van der Waals surface area contributed by atoms with E-state index in [1.807, 2.05) is 11.9 Å². The molecule has 0 radical (unpaired) electrons. The van der Waals surface area contributed by atoms with Crippen LogP contribution in [0.2, 0.25) is 5.02 Å². The maximum atomic E-state index is 13.1. The normalized spacial score (nSPS) is 20.2. The number of hydrogen-bond donors (Lipinski definition) is 1. The first-order chi connectivity index (χ1) is 13.8. The van der Waals surface area contributed by atoms with Crippen LogP contribution in [-0.4, -0.2) is 43.1 Å². The minimum atomic E-state index is -3.67. The number of aromatic nitrogens is 2. The molecule has 1 aliphatic rings. The summed E-state index contributed by atoms with van der Waals surface area (Å²) in [4.78, 5) is 6.52. The Morgan fingerprint density at radius 1 is 1.17 bits per heavy atom. The van der Waals surface area contributed by atoms with Gasteiger partial charge in [0.25, 0.3) is 0 Å². The summed E-state index contributed by atoms with van der Waals surface area (Å²) in [5.41, 5.74) is 0.641. The zero-order valence-electron chi connectivity index (χ0n) is 15.4. The fraction of sp³-hybridized carbons (Fsp3) is 0.263. The molecule has 1 fully saturated rings. The van der Waals surface area contributed by atoms with Gasteiger partial charge in [0, 0.05) is 23.2 Å². The molecule has 2 unspecified atom stereocenters. The summed E-state index contributed by atoms with van der Waals surface area (Å²) in [6, 6.07) is 11.3. The van der Waals surface area contributed by atoms with Crippen LogP contribution in [0.25, 0.3) is 11.4 Å². The summed E-state index contributed by atoms with van der Waals surface area (Å²) < 4.78 is 46.4. The zero-order chi connectivity index (χ0) is 20.6. The van der Waals surface area contributed by atoms with E-state index in [-0.39, 0.29) is 22.8 Å². The fourth-order valence-electron chi connectivity index (χ4n) is 3.36. The first kappa shape index (κ1) is 20.0. The van der Waals surface area contributed by atoms with Gasteiger partial charge in [-0.25, -0.2) is 17.5 Å². The Morgan fingerprint density at radius 2 is 1.86 bits per heavy atom. The fourth-order valence-corrected chi connectivity index (χ4v) is 4.73. The van der Waals surface area contributed by atoms with Gasteiger partial charge in [0.15, 0.2) is 0 Å². The maximum absolute atomic E-state index is 13.1. The smallest absolute Gasteiger partial charge is 0.244 e. The van der Waals surface area contributed by atoms with Gasteiger partial charge < -0.3 is 4.52 Å². The molecule has 0 bridgehead atoms. The van der Waals surface area contributed by atoms with Gasteiger partial charge in [-0.3, -0.25) is 4.90 Å². The highest BCUT2D eigenvalue weighted by atomic mass is 35.5. The molecule has 1 N–H and O–H groups in total. The van der Waals surface area contributed by atoms with Crippen LogP contribution in [-0.2, 0) is 10.0 Å². The molecule has 0 aliphatic carbocycles. The summed E-state index contributed by atoms with van der Waals surface area (Å²) in [5.74, 6) is 0.405. The van der Waals surface area contributed by atoms with Crippen molar-refractivity contribution in [2.45, 2.75) is 23.4 Å². The van der Waals surface area contributed by atoms with Crippen LogP contribution < -0.4 is 4.72 Å².